The Balaban J connectivity index is 0.00000140. The zero-order valence-electron chi connectivity index (χ0n) is 16.6. The second-order valence-electron chi connectivity index (χ2n) is 8.29. The molecule has 1 aliphatic carbocycles. The molecule has 4 aliphatic rings. The van der Waals surface area contributed by atoms with Crippen molar-refractivity contribution >= 4 is 36.6 Å². The van der Waals surface area contributed by atoms with Crippen LogP contribution in [-0.2, 0) is 14.3 Å². The van der Waals surface area contributed by atoms with Crippen LogP contribution < -0.4 is 5.32 Å². The summed E-state index contributed by atoms with van der Waals surface area (Å²) in [5, 5.41) is 3.48. The highest BCUT2D eigenvalue weighted by Crippen LogP contribution is 2.45. The molecule has 0 radical (unpaired) electrons. The number of hydrogen-bond acceptors (Lipinski definition) is 5. The highest BCUT2D eigenvalue weighted by molar-refractivity contribution is 5.86. The van der Waals surface area contributed by atoms with Gasteiger partial charge < -0.3 is 19.9 Å². The van der Waals surface area contributed by atoms with E-state index in [0.29, 0.717) is 44.7 Å². The fourth-order valence-corrected chi connectivity index (χ4v) is 5.20. The normalized spacial score (nSPS) is 30.8. The fraction of sp³-hybridized carbons (Fsp3) is 0.895. The van der Waals surface area contributed by atoms with Crippen molar-refractivity contribution in [1.29, 1.82) is 0 Å². The van der Waals surface area contributed by atoms with Gasteiger partial charge in [0.1, 0.15) is 0 Å². The maximum absolute atomic E-state index is 13.3. The lowest BCUT2D eigenvalue weighted by Crippen LogP contribution is -2.57. The van der Waals surface area contributed by atoms with Crippen molar-refractivity contribution in [2.24, 2.45) is 11.3 Å². The molecule has 0 aromatic heterocycles. The van der Waals surface area contributed by atoms with E-state index in [0.717, 1.165) is 45.7 Å². The number of carbonyl (C=O) groups is 2. The number of piperazine rings is 1. The molecule has 162 valence electrons. The van der Waals surface area contributed by atoms with E-state index < -0.39 is 0 Å². The zero-order valence-corrected chi connectivity index (χ0v) is 18.2. The van der Waals surface area contributed by atoms with Crippen LogP contribution in [0.4, 0.5) is 0 Å². The van der Waals surface area contributed by atoms with Crippen molar-refractivity contribution in [1.82, 2.24) is 20.0 Å². The molecule has 0 aromatic rings. The number of amides is 2. The van der Waals surface area contributed by atoms with E-state index in [1.54, 1.807) is 0 Å². The average Bonchev–Trinajstić information content (AvgIpc) is 3.14. The maximum Gasteiger partial charge on any atom is 0.236 e. The molecule has 1 N–H and O–H groups in total. The minimum atomic E-state index is -0.149. The Hall–Kier alpha value is -0.600. The second-order valence-corrected chi connectivity index (χ2v) is 8.29. The molecule has 2 amide bonds. The molecule has 0 bridgehead atoms. The number of carbonyl (C=O) groups excluding carboxylic acids is 2. The number of ether oxygens (including phenoxy) is 1. The van der Waals surface area contributed by atoms with Gasteiger partial charge >= 0.3 is 0 Å². The minimum Gasteiger partial charge on any atom is -0.378 e. The molecule has 0 spiro atoms. The summed E-state index contributed by atoms with van der Waals surface area (Å²) in [4.78, 5) is 31.9. The topological polar surface area (TPSA) is 65.1 Å². The van der Waals surface area contributed by atoms with Crippen LogP contribution in [0.2, 0.25) is 0 Å². The minimum absolute atomic E-state index is 0. The monoisotopic (exact) mass is 436 g/mol. The first kappa shape index (κ1) is 23.7. The van der Waals surface area contributed by atoms with Crippen molar-refractivity contribution in [3.8, 4) is 0 Å². The smallest absolute Gasteiger partial charge is 0.236 e. The van der Waals surface area contributed by atoms with Crippen molar-refractivity contribution in [2.45, 2.75) is 25.7 Å². The summed E-state index contributed by atoms with van der Waals surface area (Å²) in [6.07, 6.45) is 4.67. The van der Waals surface area contributed by atoms with E-state index in [2.05, 4.69) is 15.1 Å². The fourth-order valence-electron chi connectivity index (χ4n) is 5.20. The van der Waals surface area contributed by atoms with E-state index >= 15 is 0 Å². The summed E-state index contributed by atoms with van der Waals surface area (Å²) in [6, 6.07) is 0. The predicted molar refractivity (Wildman–Crippen MR) is 112 cm³/mol. The van der Waals surface area contributed by atoms with Crippen molar-refractivity contribution in [3.05, 3.63) is 0 Å². The molecule has 3 heterocycles. The van der Waals surface area contributed by atoms with Crippen LogP contribution in [0.5, 0.6) is 0 Å². The van der Waals surface area contributed by atoms with Gasteiger partial charge in [-0.3, -0.25) is 14.5 Å². The third-order valence-electron chi connectivity index (χ3n) is 6.85. The molecule has 4 rings (SSSR count). The summed E-state index contributed by atoms with van der Waals surface area (Å²) in [5.74, 6) is 1.08. The van der Waals surface area contributed by atoms with E-state index in [4.69, 9.17) is 4.74 Å². The summed E-state index contributed by atoms with van der Waals surface area (Å²) >= 11 is 0. The number of rotatable bonds is 3. The van der Waals surface area contributed by atoms with Gasteiger partial charge in [-0.25, -0.2) is 0 Å². The summed E-state index contributed by atoms with van der Waals surface area (Å²) in [6.45, 7) is 8.13. The summed E-state index contributed by atoms with van der Waals surface area (Å²) in [5.41, 5.74) is -0.149. The number of nitrogens with zero attached hydrogens (tertiary/aromatic N) is 3. The van der Waals surface area contributed by atoms with Crippen molar-refractivity contribution in [2.75, 3.05) is 72.1 Å². The Morgan fingerprint density at radius 2 is 1.68 bits per heavy atom. The van der Waals surface area contributed by atoms with Crippen LogP contribution >= 0.6 is 24.8 Å². The molecule has 7 nitrogen and oxygen atoms in total. The van der Waals surface area contributed by atoms with E-state index in [9.17, 15) is 9.59 Å². The van der Waals surface area contributed by atoms with Gasteiger partial charge in [-0.05, 0) is 25.3 Å². The van der Waals surface area contributed by atoms with Crippen LogP contribution in [0.1, 0.15) is 25.7 Å². The molecule has 0 unspecified atom stereocenters. The Bertz CT molecular complexity index is 539. The quantitative estimate of drug-likeness (QED) is 0.701. The van der Waals surface area contributed by atoms with Gasteiger partial charge in [0.15, 0.2) is 0 Å². The van der Waals surface area contributed by atoms with Gasteiger partial charge in [0.05, 0.1) is 25.2 Å². The van der Waals surface area contributed by atoms with Crippen LogP contribution in [0.25, 0.3) is 0 Å². The molecular weight excluding hydrogens is 403 g/mol. The Labute approximate surface area is 180 Å². The summed E-state index contributed by atoms with van der Waals surface area (Å²) in [7, 11) is 0. The van der Waals surface area contributed by atoms with E-state index in [1.165, 1.54) is 19.3 Å². The van der Waals surface area contributed by atoms with Gasteiger partial charge in [0.2, 0.25) is 11.8 Å². The van der Waals surface area contributed by atoms with Gasteiger partial charge in [-0.15, -0.1) is 24.8 Å². The highest BCUT2D eigenvalue weighted by atomic mass is 35.5. The second kappa shape index (κ2) is 10.4. The predicted octanol–water partition coefficient (Wildman–Crippen LogP) is 0.613. The first-order valence-electron chi connectivity index (χ1n) is 10.3. The van der Waals surface area contributed by atoms with Gasteiger partial charge in [-0.1, -0.05) is 12.8 Å². The van der Waals surface area contributed by atoms with Crippen LogP contribution in [0.15, 0.2) is 0 Å². The first-order valence-corrected chi connectivity index (χ1v) is 10.3. The molecule has 9 heteroatoms. The Morgan fingerprint density at radius 3 is 2.39 bits per heavy atom. The van der Waals surface area contributed by atoms with E-state index in [1.807, 2.05) is 4.90 Å². The number of hydrogen-bond donors (Lipinski definition) is 1. The molecule has 3 aliphatic heterocycles. The first-order chi connectivity index (χ1) is 12.7. The lowest BCUT2D eigenvalue weighted by molar-refractivity contribution is -0.147. The molecule has 2 atom stereocenters. The van der Waals surface area contributed by atoms with Crippen LogP contribution in [-0.4, -0.2) is 98.6 Å². The molecule has 3 saturated heterocycles. The third-order valence-corrected chi connectivity index (χ3v) is 6.85. The highest BCUT2D eigenvalue weighted by Gasteiger charge is 2.51. The third kappa shape index (κ3) is 4.75. The number of nitrogens with one attached hydrogen (secondary N) is 1. The van der Waals surface area contributed by atoms with Gasteiger partial charge in [0.25, 0.3) is 0 Å². The lowest BCUT2D eigenvalue weighted by atomic mass is 9.67. The molecule has 0 aromatic carbocycles. The maximum atomic E-state index is 13.3. The van der Waals surface area contributed by atoms with Crippen LogP contribution in [0, 0.1) is 11.3 Å². The average molecular weight is 437 g/mol. The lowest BCUT2D eigenvalue weighted by Gasteiger charge is -2.43. The van der Waals surface area contributed by atoms with Crippen molar-refractivity contribution in [3.63, 3.8) is 0 Å². The zero-order chi connectivity index (χ0) is 18.0. The standard InChI is InChI=1S/C19H32N4O3.2ClH/c24-17(22-9-11-26-12-10-22)14-21-5-7-23(8-6-21)18(25)19-4-2-1-3-16(19)13-20-15-19;;/h16,20H,1-15H2;2*1H/t16-,19+;;/m0../s1. The number of morpholine rings is 1. The number of halogens is 2. The van der Waals surface area contributed by atoms with E-state index in [-0.39, 0.29) is 36.1 Å². The SMILES string of the molecule is Cl.Cl.O=C(CN1CCN(C(=O)[C@@]23CCCC[C@H]2CNC3)CC1)N1CCOCC1. The van der Waals surface area contributed by atoms with Crippen LogP contribution in [0.3, 0.4) is 0 Å². The molecular formula is C19H34Cl2N4O3. The summed E-state index contributed by atoms with van der Waals surface area (Å²) < 4.78 is 5.31. The molecule has 1 saturated carbocycles. The largest absolute Gasteiger partial charge is 0.378 e. The van der Waals surface area contributed by atoms with Gasteiger partial charge in [0, 0.05) is 45.8 Å². The van der Waals surface area contributed by atoms with Crippen molar-refractivity contribution < 1.29 is 14.3 Å². The molecule has 4 fully saturated rings. The number of fused-ring (bicyclic) bond motifs is 1. The molecule has 28 heavy (non-hydrogen) atoms. The Kier molecular flexibility index (Phi) is 8.82. The van der Waals surface area contributed by atoms with Gasteiger partial charge in [-0.2, -0.15) is 0 Å². The Morgan fingerprint density at radius 1 is 0.964 bits per heavy atom.